The second kappa shape index (κ2) is 12.2. The van der Waals surface area contributed by atoms with Gasteiger partial charge < -0.3 is 29.9 Å². The topological polar surface area (TPSA) is 99.4 Å². The van der Waals surface area contributed by atoms with Crippen LogP contribution in [0.3, 0.4) is 0 Å². The Morgan fingerprint density at radius 2 is 1.46 bits per heavy atom. The molecule has 0 radical (unpaired) electrons. The molecule has 6 atom stereocenters. The van der Waals surface area contributed by atoms with Crippen LogP contribution in [0.4, 0.5) is 0 Å². The average Bonchev–Trinajstić information content (AvgIpc) is 2.57. The van der Waals surface area contributed by atoms with E-state index in [9.17, 15) is 15.3 Å². The number of ether oxygens (including phenoxy) is 2. The fourth-order valence-electron chi connectivity index (χ4n) is 3.04. The van der Waals surface area contributed by atoms with E-state index in [1.807, 2.05) is 6.92 Å². The van der Waals surface area contributed by atoms with Crippen LogP contribution in [0.25, 0.3) is 0 Å². The van der Waals surface area contributed by atoms with E-state index < -0.39 is 37.3 Å². The van der Waals surface area contributed by atoms with Gasteiger partial charge >= 0.3 is 0 Å². The Kier molecular flexibility index (Phi) is 11.1. The Morgan fingerprint density at radius 1 is 0.875 bits per heavy atom. The predicted octanol–water partition coefficient (Wildman–Crippen LogP) is 1.72. The smallest absolute Gasteiger partial charge is 0.186 e. The fraction of sp³-hybridized carbons (Fsp3) is 1.00. The first-order valence-electron chi connectivity index (χ1n) is 9.47. The molecule has 144 valence electrons. The van der Waals surface area contributed by atoms with E-state index in [1.165, 1.54) is 38.5 Å². The van der Waals surface area contributed by atoms with Crippen LogP contribution in [0.1, 0.15) is 71.6 Å². The van der Waals surface area contributed by atoms with Crippen LogP contribution >= 0.6 is 0 Å². The molecule has 1 unspecified atom stereocenters. The Hall–Kier alpha value is -0.240. The Labute approximate surface area is 145 Å². The highest BCUT2D eigenvalue weighted by molar-refractivity contribution is 4.89. The van der Waals surface area contributed by atoms with Crippen molar-refractivity contribution >= 4 is 0 Å². The third kappa shape index (κ3) is 7.33. The molecule has 0 amide bonds. The lowest BCUT2D eigenvalue weighted by Crippen LogP contribution is -2.59. The highest BCUT2D eigenvalue weighted by Crippen LogP contribution is 2.24. The highest BCUT2D eigenvalue weighted by Gasteiger charge is 2.44. The first-order chi connectivity index (χ1) is 11.5. The molecule has 1 rings (SSSR count). The van der Waals surface area contributed by atoms with E-state index in [-0.39, 0.29) is 6.10 Å². The maximum Gasteiger partial charge on any atom is 0.186 e. The van der Waals surface area contributed by atoms with Gasteiger partial charge in [0, 0.05) is 0 Å². The highest BCUT2D eigenvalue weighted by atomic mass is 16.7. The monoisotopic (exact) mass is 348 g/mol. The maximum atomic E-state index is 9.94. The summed E-state index contributed by atoms with van der Waals surface area (Å²) in [7, 11) is 0. The number of aliphatic hydroxyl groups excluding tert-OH is 4. The Morgan fingerprint density at radius 3 is 2.04 bits per heavy atom. The molecule has 0 bridgehead atoms. The second-order valence-electron chi connectivity index (χ2n) is 6.91. The SMILES string of the molecule is CCCCCCCCCCC(C)O[C@H]1O[C@H](CO)[C@@H](O)[C@H](O)[C@H]1O. The summed E-state index contributed by atoms with van der Waals surface area (Å²) < 4.78 is 11.0. The molecule has 4 N–H and O–H groups in total. The molecule has 6 nitrogen and oxygen atoms in total. The Balaban J connectivity index is 2.18. The molecule has 0 aromatic rings. The van der Waals surface area contributed by atoms with Gasteiger partial charge in [0.2, 0.25) is 0 Å². The lowest BCUT2D eigenvalue weighted by Gasteiger charge is -2.40. The first kappa shape index (κ1) is 21.8. The summed E-state index contributed by atoms with van der Waals surface area (Å²) in [6, 6.07) is 0. The number of aliphatic hydroxyl groups is 4. The van der Waals surface area contributed by atoms with Crippen molar-refractivity contribution in [2.75, 3.05) is 6.61 Å². The van der Waals surface area contributed by atoms with Crippen LogP contribution < -0.4 is 0 Å². The van der Waals surface area contributed by atoms with E-state index in [4.69, 9.17) is 14.6 Å². The zero-order valence-corrected chi connectivity index (χ0v) is 15.1. The summed E-state index contributed by atoms with van der Waals surface area (Å²) in [5.41, 5.74) is 0. The molecule has 0 aliphatic carbocycles. The lowest BCUT2D eigenvalue weighted by atomic mass is 9.99. The van der Waals surface area contributed by atoms with Crippen LogP contribution in [0.15, 0.2) is 0 Å². The summed E-state index contributed by atoms with van der Waals surface area (Å²) >= 11 is 0. The number of hydrogen-bond donors (Lipinski definition) is 4. The largest absolute Gasteiger partial charge is 0.394 e. The number of hydrogen-bond acceptors (Lipinski definition) is 6. The summed E-state index contributed by atoms with van der Waals surface area (Å²) in [6.45, 7) is 3.69. The molecule has 1 aliphatic heterocycles. The van der Waals surface area contributed by atoms with Gasteiger partial charge in [-0.1, -0.05) is 58.3 Å². The lowest BCUT2D eigenvalue weighted by molar-refractivity contribution is -0.310. The van der Waals surface area contributed by atoms with E-state index in [0.717, 1.165) is 19.3 Å². The van der Waals surface area contributed by atoms with Gasteiger partial charge in [0.05, 0.1) is 12.7 Å². The molecule has 1 saturated heterocycles. The molecule has 6 heteroatoms. The van der Waals surface area contributed by atoms with E-state index >= 15 is 0 Å². The van der Waals surface area contributed by atoms with Crippen molar-refractivity contribution in [3.8, 4) is 0 Å². The van der Waals surface area contributed by atoms with E-state index in [1.54, 1.807) is 0 Å². The molecule has 0 saturated carbocycles. The van der Waals surface area contributed by atoms with Gasteiger partial charge in [0.15, 0.2) is 6.29 Å². The fourth-order valence-corrected chi connectivity index (χ4v) is 3.04. The van der Waals surface area contributed by atoms with Crippen molar-refractivity contribution in [2.24, 2.45) is 0 Å². The van der Waals surface area contributed by atoms with Crippen molar-refractivity contribution in [2.45, 2.75) is 108 Å². The van der Waals surface area contributed by atoms with Gasteiger partial charge in [-0.2, -0.15) is 0 Å². The molecule has 0 aromatic carbocycles. The van der Waals surface area contributed by atoms with E-state index in [0.29, 0.717) is 0 Å². The molecule has 0 aromatic heterocycles. The molecule has 24 heavy (non-hydrogen) atoms. The van der Waals surface area contributed by atoms with Crippen molar-refractivity contribution in [3.05, 3.63) is 0 Å². The molecule has 0 spiro atoms. The molecule has 1 aliphatic rings. The van der Waals surface area contributed by atoms with Gasteiger partial charge in [0.25, 0.3) is 0 Å². The minimum atomic E-state index is -1.38. The average molecular weight is 348 g/mol. The zero-order chi connectivity index (χ0) is 17.9. The molecular weight excluding hydrogens is 312 g/mol. The van der Waals surface area contributed by atoms with Crippen LogP contribution in [-0.2, 0) is 9.47 Å². The maximum absolute atomic E-state index is 9.94. The Bertz CT molecular complexity index is 312. The molecule has 1 heterocycles. The van der Waals surface area contributed by atoms with Crippen LogP contribution in [0, 0.1) is 0 Å². The van der Waals surface area contributed by atoms with Crippen LogP contribution in [0.2, 0.25) is 0 Å². The quantitative estimate of drug-likeness (QED) is 0.401. The van der Waals surface area contributed by atoms with Crippen molar-refractivity contribution in [1.29, 1.82) is 0 Å². The van der Waals surface area contributed by atoms with Gasteiger partial charge in [-0.15, -0.1) is 0 Å². The zero-order valence-electron chi connectivity index (χ0n) is 15.1. The summed E-state index contributed by atoms with van der Waals surface area (Å²) in [6.07, 6.45) is 4.71. The minimum Gasteiger partial charge on any atom is -0.394 e. The standard InChI is InChI=1S/C18H36O6/c1-3-4-5-6-7-8-9-10-11-13(2)23-18-17(22)16(21)15(20)14(12-19)24-18/h13-22H,3-12H2,1-2H3/t13?,14-,15-,16+,17-,18+/m1/s1. The van der Waals surface area contributed by atoms with Crippen molar-refractivity contribution in [1.82, 2.24) is 0 Å². The normalized spacial score (nSPS) is 32.0. The third-order valence-electron chi connectivity index (χ3n) is 4.68. The third-order valence-corrected chi connectivity index (χ3v) is 4.68. The summed E-state index contributed by atoms with van der Waals surface area (Å²) in [5, 5.41) is 38.6. The van der Waals surface area contributed by atoms with Gasteiger partial charge in [-0.3, -0.25) is 0 Å². The second-order valence-corrected chi connectivity index (χ2v) is 6.91. The minimum absolute atomic E-state index is 0.119. The first-order valence-corrected chi connectivity index (χ1v) is 9.47. The van der Waals surface area contributed by atoms with Crippen LogP contribution in [-0.4, -0.2) is 63.8 Å². The van der Waals surface area contributed by atoms with Gasteiger partial charge in [-0.05, 0) is 13.3 Å². The van der Waals surface area contributed by atoms with Gasteiger partial charge in [0.1, 0.15) is 24.4 Å². The molecule has 1 fully saturated rings. The van der Waals surface area contributed by atoms with Gasteiger partial charge in [-0.25, -0.2) is 0 Å². The molecular formula is C18H36O6. The number of unbranched alkanes of at least 4 members (excludes halogenated alkanes) is 7. The summed E-state index contributed by atoms with van der Waals surface area (Å²) in [5.74, 6) is 0. The van der Waals surface area contributed by atoms with Crippen molar-refractivity contribution < 1.29 is 29.9 Å². The number of rotatable bonds is 12. The summed E-state index contributed by atoms with van der Waals surface area (Å²) in [4.78, 5) is 0. The predicted molar refractivity (Wildman–Crippen MR) is 91.5 cm³/mol. The van der Waals surface area contributed by atoms with E-state index in [2.05, 4.69) is 6.92 Å². The van der Waals surface area contributed by atoms with Crippen LogP contribution in [0.5, 0.6) is 0 Å². The van der Waals surface area contributed by atoms with Crippen molar-refractivity contribution in [3.63, 3.8) is 0 Å².